The zero-order valence-electron chi connectivity index (χ0n) is 15.8. The van der Waals surface area contributed by atoms with Crippen molar-refractivity contribution in [1.29, 1.82) is 0 Å². The molecule has 0 N–H and O–H groups in total. The van der Waals surface area contributed by atoms with Gasteiger partial charge in [-0.1, -0.05) is 29.8 Å². The monoisotopic (exact) mass is 368 g/mol. The molecular weight excluding hydrogens is 343 g/mol. The van der Waals surface area contributed by atoms with Crippen LogP contribution in [0.2, 0.25) is 0 Å². The van der Waals surface area contributed by atoms with Gasteiger partial charge in [-0.15, -0.1) is 0 Å². The third-order valence-electron chi connectivity index (χ3n) is 5.14. The van der Waals surface area contributed by atoms with Crippen LogP contribution in [0.4, 0.5) is 4.39 Å². The number of hydrogen-bond donors (Lipinski definition) is 0. The Morgan fingerprint density at radius 1 is 1.04 bits per heavy atom. The van der Waals surface area contributed by atoms with Gasteiger partial charge in [-0.2, -0.15) is 0 Å². The highest BCUT2D eigenvalue weighted by atomic mass is 19.1. The topological polar surface area (TPSA) is 40.6 Å². The number of rotatable bonds is 4. The SMILES string of the molecule is Cc1ccc(CN(C)C(=O)C2CCN(C(=O)c3ccc(F)cc3)CC2)cc1. The molecule has 142 valence electrons. The van der Waals surface area contributed by atoms with Crippen molar-refractivity contribution in [2.24, 2.45) is 5.92 Å². The second-order valence-electron chi connectivity index (χ2n) is 7.25. The Bertz CT molecular complexity index is 794. The van der Waals surface area contributed by atoms with E-state index in [1.54, 1.807) is 9.80 Å². The van der Waals surface area contributed by atoms with E-state index in [1.165, 1.54) is 29.8 Å². The molecular formula is C22H25FN2O2. The number of halogens is 1. The van der Waals surface area contributed by atoms with Crippen molar-refractivity contribution in [1.82, 2.24) is 9.80 Å². The lowest BCUT2D eigenvalue weighted by Gasteiger charge is -2.33. The molecule has 0 atom stereocenters. The molecule has 1 fully saturated rings. The van der Waals surface area contributed by atoms with Crippen LogP contribution in [-0.2, 0) is 11.3 Å². The van der Waals surface area contributed by atoms with Crippen molar-refractivity contribution < 1.29 is 14.0 Å². The number of carbonyl (C=O) groups is 2. The van der Waals surface area contributed by atoms with Crippen molar-refractivity contribution in [3.8, 4) is 0 Å². The first kappa shape index (κ1) is 19.1. The molecule has 1 aliphatic rings. The second-order valence-corrected chi connectivity index (χ2v) is 7.25. The van der Waals surface area contributed by atoms with E-state index in [9.17, 15) is 14.0 Å². The van der Waals surface area contributed by atoms with Gasteiger partial charge in [-0.05, 0) is 49.6 Å². The molecule has 0 bridgehead atoms. The first-order chi connectivity index (χ1) is 12.9. The zero-order valence-corrected chi connectivity index (χ0v) is 15.8. The normalized spacial score (nSPS) is 14.9. The number of aryl methyl sites for hydroxylation is 1. The van der Waals surface area contributed by atoms with Crippen molar-refractivity contribution in [2.75, 3.05) is 20.1 Å². The van der Waals surface area contributed by atoms with Gasteiger partial charge in [0.05, 0.1) is 0 Å². The molecule has 0 unspecified atom stereocenters. The van der Waals surface area contributed by atoms with Gasteiger partial charge in [0.1, 0.15) is 5.82 Å². The van der Waals surface area contributed by atoms with Crippen LogP contribution in [0.5, 0.6) is 0 Å². The van der Waals surface area contributed by atoms with Crippen molar-refractivity contribution >= 4 is 11.8 Å². The average molecular weight is 368 g/mol. The van der Waals surface area contributed by atoms with E-state index in [0.717, 1.165) is 5.56 Å². The van der Waals surface area contributed by atoms with Gasteiger partial charge < -0.3 is 9.80 Å². The van der Waals surface area contributed by atoms with E-state index in [1.807, 2.05) is 38.2 Å². The molecule has 27 heavy (non-hydrogen) atoms. The summed E-state index contributed by atoms with van der Waals surface area (Å²) >= 11 is 0. The maximum absolute atomic E-state index is 13.0. The predicted octanol–water partition coefficient (Wildman–Crippen LogP) is 3.64. The van der Waals surface area contributed by atoms with Crippen molar-refractivity contribution in [3.63, 3.8) is 0 Å². The van der Waals surface area contributed by atoms with Crippen molar-refractivity contribution in [3.05, 3.63) is 71.0 Å². The summed E-state index contributed by atoms with van der Waals surface area (Å²) in [7, 11) is 1.83. The van der Waals surface area contributed by atoms with Crippen LogP contribution in [-0.4, -0.2) is 41.8 Å². The van der Waals surface area contributed by atoms with E-state index in [2.05, 4.69) is 0 Å². The Balaban J connectivity index is 1.53. The van der Waals surface area contributed by atoms with Crippen LogP contribution in [0.1, 0.15) is 34.3 Å². The Morgan fingerprint density at radius 2 is 1.63 bits per heavy atom. The molecule has 2 aromatic carbocycles. The minimum absolute atomic E-state index is 0.0577. The quantitative estimate of drug-likeness (QED) is 0.827. The fourth-order valence-electron chi connectivity index (χ4n) is 3.46. The predicted molar refractivity (Wildman–Crippen MR) is 103 cm³/mol. The van der Waals surface area contributed by atoms with Gasteiger partial charge in [-0.3, -0.25) is 9.59 Å². The fourth-order valence-corrected chi connectivity index (χ4v) is 3.46. The summed E-state index contributed by atoms with van der Waals surface area (Å²) in [5, 5.41) is 0. The van der Waals surface area contributed by atoms with Gasteiger partial charge in [-0.25, -0.2) is 4.39 Å². The molecule has 3 rings (SSSR count). The Labute approximate surface area is 159 Å². The Kier molecular flexibility index (Phi) is 5.89. The maximum atomic E-state index is 13.0. The molecule has 2 aromatic rings. The molecule has 1 saturated heterocycles. The zero-order chi connectivity index (χ0) is 19.4. The molecule has 0 aliphatic carbocycles. The molecule has 0 spiro atoms. The van der Waals surface area contributed by atoms with Crippen LogP contribution in [0.25, 0.3) is 0 Å². The van der Waals surface area contributed by atoms with Gasteiger partial charge in [0.25, 0.3) is 5.91 Å². The number of amides is 2. The molecule has 1 aliphatic heterocycles. The number of carbonyl (C=O) groups excluding carboxylic acids is 2. The summed E-state index contributed by atoms with van der Waals surface area (Å²) < 4.78 is 13.0. The number of hydrogen-bond acceptors (Lipinski definition) is 2. The molecule has 0 aromatic heterocycles. The minimum atomic E-state index is -0.354. The first-order valence-corrected chi connectivity index (χ1v) is 9.29. The van der Waals surface area contributed by atoms with E-state index >= 15 is 0 Å². The highest BCUT2D eigenvalue weighted by molar-refractivity contribution is 5.94. The van der Waals surface area contributed by atoms with E-state index in [-0.39, 0.29) is 23.5 Å². The smallest absolute Gasteiger partial charge is 0.253 e. The van der Waals surface area contributed by atoms with Crippen LogP contribution in [0, 0.1) is 18.7 Å². The summed E-state index contributed by atoms with van der Waals surface area (Å²) in [6.07, 6.45) is 1.31. The molecule has 0 saturated carbocycles. The number of benzene rings is 2. The Hall–Kier alpha value is -2.69. The third-order valence-corrected chi connectivity index (χ3v) is 5.14. The molecule has 5 heteroatoms. The van der Waals surface area contributed by atoms with Crippen LogP contribution < -0.4 is 0 Å². The summed E-state index contributed by atoms with van der Waals surface area (Å²) in [4.78, 5) is 28.8. The highest BCUT2D eigenvalue weighted by Crippen LogP contribution is 2.22. The first-order valence-electron chi connectivity index (χ1n) is 9.29. The molecule has 4 nitrogen and oxygen atoms in total. The third kappa shape index (κ3) is 4.73. The summed E-state index contributed by atoms with van der Waals surface area (Å²) in [6.45, 7) is 3.73. The molecule has 1 heterocycles. The lowest BCUT2D eigenvalue weighted by molar-refractivity contribution is -0.136. The average Bonchev–Trinajstić information content (AvgIpc) is 2.69. The Morgan fingerprint density at radius 3 is 2.22 bits per heavy atom. The lowest BCUT2D eigenvalue weighted by Crippen LogP contribution is -2.43. The number of nitrogens with zero attached hydrogens (tertiary/aromatic N) is 2. The van der Waals surface area contributed by atoms with Crippen LogP contribution >= 0.6 is 0 Å². The van der Waals surface area contributed by atoms with Crippen LogP contribution in [0.15, 0.2) is 48.5 Å². The summed E-state index contributed by atoms with van der Waals surface area (Å²) in [6, 6.07) is 13.8. The maximum Gasteiger partial charge on any atom is 0.253 e. The minimum Gasteiger partial charge on any atom is -0.341 e. The standard InChI is InChI=1S/C22H25FN2O2/c1-16-3-5-17(6-4-16)15-24(2)21(26)19-11-13-25(14-12-19)22(27)18-7-9-20(23)10-8-18/h3-10,19H,11-15H2,1-2H3. The lowest BCUT2D eigenvalue weighted by atomic mass is 9.94. The van der Waals surface area contributed by atoms with E-state index in [0.29, 0.717) is 38.0 Å². The number of likely N-dealkylation sites (tertiary alicyclic amines) is 1. The number of piperidine rings is 1. The van der Waals surface area contributed by atoms with Gasteiger partial charge in [0, 0.05) is 38.2 Å². The molecule has 0 radical (unpaired) electrons. The summed E-state index contributed by atoms with van der Waals surface area (Å²) in [5.41, 5.74) is 2.80. The van der Waals surface area contributed by atoms with Gasteiger partial charge in [0.15, 0.2) is 0 Å². The highest BCUT2D eigenvalue weighted by Gasteiger charge is 2.29. The molecule has 2 amide bonds. The summed E-state index contributed by atoms with van der Waals surface area (Å²) in [5.74, 6) is -0.386. The van der Waals surface area contributed by atoms with Crippen LogP contribution in [0.3, 0.4) is 0 Å². The van der Waals surface area contributed by atoms with E-state index in [4.69, 9.17) is 0 Å². The van der Waals surface area contributed by atoms with Gasteiger partial charge in [0.2, 0.25) is 5.91 Å². The second kappa shape index (κ2) is 8.33. The largest absolute Gasteiger partial charge is 0.341 e. The van der Waals surface area contributed by atoms with Crippen molar-refractivity contribution in [2.45, 2.75) is 26.3 Å². The van der Waals surface area contributed by atoms with Gasteiger partial charge >= 0.3 is 0 Å². The van der Waals surface area contributed by atoms with E-state index < -0.39 is 0 Å². The fraction of sp³-hybridized carbons (Fsp3) is 0.364.